The van der Waals surface area contributed by atoms with E-state index in [1.165, 1.54) is 54.6 Å². The number of halogens is 4. The molecule has 0 heterocycles. The zero-order valence-corrected chi connectivity index (χ0v) is 20.9. The van der Waals surface area contributed by atoms with Crippen molar-refractivity contribution in [1.29, 1.82) is 0 Å². The van der Waals surface area contributed by atoms with Crippen LogP contribution in [0, 0.1) is 0 Å². The number of rotatable bonds is 8. The molecule has 0 unspecified atom stereocenters. The summed E-state index contributed by atoms with van der Waals surface area (Å²) in [5.74, 6) is -5.23. The number of esters is 2. The Kier molecular flexibility index (Phi) is 9.17. The van der Waals surface area contributed by atoms with Gasteiger partial charge in [0.15, 0.2) is 0 Å². The Labute approximate surface area is 224 Å². The fourth-order valence-electron chi connectivity index (χ4n) is 2.90. The van der Waals surface area contributed by atoms with Crippen molar-refractivity contribution < 1.29 is 33.8 Å². The third kappa shape index (κ3) is 6.67. The normalized spacial score (nSPS) is 12.2. The van der Waals surface area contributed by atoms with Gasteiger partial charge in [0.25, 0.3) is 5.91 Å². The smallest absolute Gasteiger partial charge is 0.349 e. The van der Waals surface area contributed by atoms with Crippen molar-refractivity contribution in [2.24, 2.45) is 0 Å². The average molecular weight is 571 g/mol. The molecule has 8 nitrogen and oxygen atoms in total. The van der Waals surface area contributed by atoms with E-state index in [2.05, 4.69) is 5.32 Å². The van der Waals surface area contributed by atoms with E-state index in [0.29, 0.717) is 0 Å². The summed E-state index contributed by atoms with van der Waals surface area (Å²) in [6, 6.07) is 15.5. The predicted octanol–water partition coefficient (Wildman–Crippen LogP) is 5.77. The molecule has 0 radical (unpaired) electrons. The van der Waals surface area contributed by atoms with Gasteiger partial charge >= 0.3 is 17.9 Å². The Morgan fingerprint density at radius 3 is 1.67 bits per heavy atom. The standard InChI is InChI=1S/C24H15Cl4NO7/c25-12-9-10-18(17(28)11-12)29-21(30)19(35-23(33)13-5-1-3-7-15(13)26)20(22(31)32)36-24(34)14-6-2-4-8-16(14)27/h1-11,19-20H,(H,29,30)(H,31,32)/t19-,20+/m0/s1. The van der Waals surface area contributed by atoms with E-state index in [9.17, 15) is 24.3 Å². The van der Waals surface area contributed by atoms with Crippen LogP contribution in [0.2, 0.25) is 20.1 Å². The van der Waals surface area contributed by atoms with Gasteiger partial charge in [-0.15, -0.1) is 0 Å². The molecule has 0 aromatic heterocycles. The minimum Gasteiger partial charge on any atom is -0.478 e. The van der Waals surface area contributed by atoms with E-state index < -0.39 is 36.0 Å². The molecule has 2 atom stereocenters. The van der Waals surface area contributed by atoms with Crippen LogP contribution in [0.25, 0.3) is 0 Å². The number of hydrogen-bond acceptors (Lipinski definition) is 6. The largest absolute Gasteiger partial charge is 0.478 e. The number of anilines is 1. The number of aliphatic carboxylic acids is 1. The van der Waals surface area contributed by atoms with E-state index in [4.69, 9.17) is 55.9 Å². The molecular weight excluding hydrogens is 556 g/mol. The summed E-state index contributed by atoms with van der Waals surface area (Å²) in [4.78, 5) is 50.7. The molecule has 2 N–H and O–H groups in total. The molecule has 0 spiro atoms. The van der Waals surface area contributed by atoms with Gasteiger partial charge in [0, 0.05) is 5.02 Å². The first-order chi connectivity index (χ1) is 17.1. The summed E-state index contributed by atoms with van der Waals surface area (Å²) >= 11 is 24.0. The van der Waals surface area contributed by atoms with E-state index in [1.54, 1.807) is 12.1 Å². The number of carbonyl (C=O) groups excluding carboxylic acids is 3. The van der Waals surface area contributed by atoms with E-state index in [0.717, 1.165) is 0 Å². The van der Waals surface area contributed by atoms with Gasteiger partial charge in [-0.05, 0) is 42.5 Å². The summed E-state index contributed by atoms with van der Waals surface area (Å²) in [5, 5.41) is 12.4. The molecule has 0 aliphatic carbocycles. The zero-order chi connectivity index (χ0) is 26.4. The van der Waals surface area contributed by atoms with Crippen molar-refractivity contribution in [2.75, 3.05) is 5.32 Å². The van der Waals surface area contributed by atoms with E-state index >= 15 is 0 Å². The Balaban J connectivity index is 1.96. The minimum absolute atomic E-state index is 0.0117. The van der Waals surface area contributed by atoms with Crippen molar-refractivity contribution in [3.8, 4) is 0 Å². The van der Waals surface area contributed by atoms with Crippen LogP contribution in [0.4, 0.5) is 5.69 Å². The van der Waals surface area contributed by atoms with Gasteiger partial charge in [-0.3, -0.25) is 4.79 Å². The lowest BCUT2D eigenvalue weighted by atomic mass is 10.1. The van der Waals surface area contributed by atoms with Crippen LogP contribution in [-0.2, 0) is 19.1 Å². The number of ether oxygens (including phenoxy) is 2. The van der Waals surface area contributed by atoms with Crippen LogP contribution in [-0.4, -0.2) is 41.1 Å². The van der Waals surface area contributed by atoms with Crippen molar-refractivity contribution in [3.63, 3.8) is 0 Å². The van der Waals surface area contributed by atoms with Gasteiger partial charge in [0.1, 0.15) is 0 Å². The van der Waals surface area contributed by atoms with Crippen LogP contribution < -0.4 is 5.32 Å². The average Bonchev–Trinajstić information content (AvgIpc) is 2.83. The monoisotopic (exact) mass is 569 g/mol. The van der Waals surface area contributed by atoms with Gasteiger partial charge < -0.3 is 19.9 Å². The topological polar surface area (TPSA) is 119 Å². The van der Waals surface area contributed by atoms with Crippen molar-refractivity contribution in [3.05, 3.63) is 97.9 Å². The molecule has 3 aromatic carbocycles. The van der Waals surface area contributed by atoms with Crippen LogP contribution in [0.5, 0.6) is 0 Å². The van der Waals surface area contributed by atoms with Crippen LogP contribution in [0.1, 0.15) is 20.7 Å². The molecule has 0 aliphatic heterocycles. The SMILES string of the molecule is O=C(O[C@H](C(=O)Nc1ccc(Cl)cc1Cl)[C@@H](OC(=O)c1ccccc1Cl)C(=O)O)c1ccccc1Cl. The molecule has 3 rings (SSSR count). The third-order valence-electron chi connectivity index (χ3n) is 4.62. The summed E-state index contributed by atoms with van der Waals surface area (Å²) in [7, 11) is 0. The number of carboxylic acids is 1. The highest BCUT2D eigenvalue weighted by Gasteiger charge is 2.41. The molecule has 0 aliphatic rings. The van der Waals surface area contributed by atoms with Gasteiger partial charge in [-0.2, -0.15) is 0 Å². The molecule has 0 saturated heterocycles. The second-order valence-electron chi connectivity index (χ2n) is 7.06. The quantitative estimate of drug-likeness (QED) is 0.330. The lowest BCUT2D eigenvalue weighted by molar-refractivity contribution is -0.157. The molecule has 0 saturated carbocycles. The van der Waals surface area contributed by atoms with Gasteiger partial charge in [-0.25, -0.2) is 14.4 Å². The van der Waals surface area contributed by atoms with Crippen molar-refractivity contribution >= 4 is 75.9 Å². The molecule has 3 aromatic rings. The molecule has 1 amide bonds. The Morgan fingerprint density at radius 2 is 1.19 bits per heavy atom. The molecule has 36 heavy (non-hydrogen) atoms. The zero-order valence-electron chi connectivity index (χ0n) is 17.9. The van der Waals surface area contributed by atoms with Crippen molar-refractivity contribution in [2.45, 2.75) is 12.2 Å². The fourth-order valence-corrected chi connectivity index (χ4v) is 3.78. The number of carbonyl (C=O) groups is 4. The lowest BCUT2D eigenvalue weighted by Crippen LogP contribution is -2.48. The van der Waals surface area contributed by atoms with E-state index in [-0.39, 0.29) is 36.9 Å². The highest BCUT2D eigenvalue weighted by atomic mass is 35.5. The number of carboxylic acid groups (broad SMARTS) is 1. The maximum Gasteiger partial charge on any atom is 0.349 e. The number of amides is 1. The number of benzene rings is 3. The maximum absolute atomic E-state index is 13.1. The number of nitrogens with one attached hydrogen (secondary N) is 1. The first-order valence-corrected chi connectivity index (χ1v) is 11.5. The second kappa shape index (κ2) is 12.1. The van der Waals surface area contributed by atoms with Gasteiger partial charge in [0.2, 0.25) is 12.2 Å². The first kappa shape index (κ1) is 27.3. The number of hydrogen-bond donors (Lipinski definition) is 2. The highest BCUT2D eigenvalue weighted by molar-refractivity contribution is 6.37. The minimum atomic E-state index is -2.27. The molecule has 186 valence electrons. The molecular formula is C24H15Cl4NO7. The highest BCUT2D eigenvalue weighted by Crippen LogP contribution is 2.27. The Bertz CT molecular complexity index is 1330. The molecule has 0 fully saturated rings. The summed E-state index contributed by atoms with van der Waals surface area (Å²) in [6.07, 6.45) is -4.43. The fraction of sp³-hybridized carbons (Fsp3) is 0.0833. The predicted molar refractivity (Wildman–Crippen MR) is 134 cm³/mol. The molecule has 0 bridgehead atoms. The van der Waals surface area contributed by atoms with Crippen LogP contribution >= 0.6 is 46.4 Å². The lowest BCUT2D eigenvalue weighted by Gasteiger charge is -2.24. The second-order valence-corrected chi connectivity index (χ2v) is 8.72. The van der Waals surface area contributed by atoms with Gasteiger partial charge in [0.05, 0.1) is 31.9 Å². The van der Waals surface area contributed by atoms with Gasteiger partial charge in [-0.1, -0.05) is 70.7 Å². The van der Waals surface area contributed by atoms with Crippen LogP contribution in [0.3, 0.4) is 0 Å². The molecule has 12 heteroatoms. The summed E-state index contributed by atoms with van der Waals surface area (Å²) < 4.78 is 10.3. The Hall–Kier alpha value is -3.30. The van der Waals surface area contributed by atoms with Crippen molar-refractivity contribution in [1.82, 2.24) is 0 Å². The Morgan fingerprint density at radius 1 is 0.694 bits per heavy atom. The van der Waals surface area contributed by atoms with E-state index in [1.807, 2.05) is 0 Å². The first-order valence-electron chi connectivity index (χ1n) is 9.98. The summed E-state index contributed by atoms with van der Waals surface area (Å²) in [6.45, 7) is 0. The third-order valence-corrected chi connectivity index (χ3v) is 5.83. The summed E-state index contributed by atoms with van der Waals surface area (Å²) in [5.41, 5.74) is -0.280. The van der Waals surface area contributed by atoms with Crippen LogP contribution in [0.15, 0.2) is 66.7 Å². The maximum atomic E-state index is 13.1.